The summed E-state index contributed by atoms with van der Waals surface area (Å²) in [7, 11) is -3.42. The number of fused-ring (bicyclic) bond motifs is 1. The molecule has 0 aromatic heterocycles. The van der Waals surface area contributed by atoms with Crippen LogP contribution in [0.2, 0.25) is 0 Å². The number of rotatable bonds is 8. The van der Waals surface area contributed by atoms with Crippen LogP contribution in [0.5, 0.6) is 0 Å². The second kappa shape index (κ2) is 8.87. The van der Waals surface area contributed by atoms with Crippen LogP contribution in [0.25, 0.3) is 0 Å². The Morgan fingerprint density at radius 1 is 1.38 bits per heavy atom. The van der Waals surface area contributed by atoms with Gasteiger partial charge in [0, 0.05) is 0 Å². The first-order valence-electron chi connectivity index (χ1n) is 8.34. The van der Waals surface area contributed by atoms with Crippen LogP contribution < -0.4 is 10.0 Å². The molecule has 2 unspecified atom stereocenters. The first-order chi connectivity index (χ1) is 11.5. The average molecular weight is 371 g/mol. The number of amides is 1. The Kier molecular flexibility index (Phi) is 7.13. The highest BCUT2D eigenvalue weighted by molar-refractivity contribution is 7.98. The highest BCUT2D eigenvalue weighted by atomic mass is 32.2. The average Bonchev–Trinajstić information content (AvgIpc) is 2.59. The molecular weight excluding hydrogens is 344 g/mol. The molecule has 0 saturated heterocycles. The van der Waals surface area contributed by atoms with Gasteiger partial charge in [0.15, 0.2) is 0 Å². The standard InChI is InChI=1S/C17H26N2O3S2/c1-3-24(21,22)19-16(11-12-23-2)17(20)18-15-10-6-8-13-7-4-5-9-14(13)15/h4-5,7,9,15-16,19H,3,6,8,10-12H2,1-2H3,(H,18,20). The van der Waals surface area contributed by atoms with Crippen LogP contribution in [-0.4, -0.2) is 38.1 Å². The molecule has 1 aromatic rings. The number of carbonyl (C=O) groups is 1. The van der Waals surface area contributed by atoms with Crippen molar-refractivity contribution in [2.45, 2.75) is 44.7 Å². The van der Waals surface area contributed by atoms with E-state index in [-0.39, 0.29) is 17.7 Å². The van der Waals surface area contributed by atoms with Crippen molar-refractivity contribution in [2.24, 2.45) is 0 Å². The van der Waals surface area contributed by atoms with E-state index in [1.165, 1.54) is 5.56 Å². The molecule has 1 aliphatic rings. The zero-order chi connectivity index (χ0) is 17.6. The van der Waals surface area contributed by atoms with Crippen molar-refractivity contribution in [3.8, 4) is 0 Å². The van der Waals surface area contributed by atoms with E-state index < -0.39 is 16.1 Å². The first-order valence-corrected chi connectivity index (χ1v) is 11.4. The van der Waals surface area contributed by atoms with Crippen LogP contribution in [-0.2, 0) is 21.2 Å². The minimum Gasteiger partial charge on any atom is -0.348 e. The lowest BCUT2D eigenvalue weighted by Crippen LogP contribution is -2.48. The second-order valence-corrected chi connectivity index (χ2v) is 9.04. The third-order valence-electron chi connectivity index (χ3n) is 4.31. The number of nitrogens with one attached hydrogen (secondary N) is 2. The van der Waals surface area contributed by atoms with Gasteiger partial charge in [0.2, 0.25) is 15.9 Å². The SMILES string of the molecule is CCS(=O)(=O)NC(CCSC)C(=O)NC1CCCc2ccccc21. The van der Waals surface area contributed by atoms with Gasteiger partial charge in [-0.25, -0.2) is 13.1 Å². The molecule has 0 radical (unpaired) electrons. The number of thioether (sulfide) groups is 1. The molecule has 1 aromatic carbocycles. The molecule has 0 bridgehead atoms. The summed E-state index contributed by atoms with van der Waals surface area (Å²) in [5.74, 6) is 0.469. The summed E-state index contributed by atoms with van der Waals surface area (Å²) in [6, 6.07) is 7.39. The molecule has 0 aliphatic heterocycles. The largest absolute Gasteiger partial charge is 0.348 e. The van der Waals surface area contributed by atoms with Gasteiger partial charge < -0.3 is 5.32 Å². The lowest BCUT2D eigenvalue weighted by Gasteiger charge is -2.28. The number of benzene rings is 1. The fourth-order valence-electron chi connectivity index (χ4n) is 2.96. The molecule has 0 spiro atoms. The molecule has 5 nitrogen and oxygen atoms in total. The van der Waals surface area contributed by atoms with E-state index in [1.54, 1.807) is 18.7 Å². The molecule has 134 valence electrons. The lowest BCUT2D eigenvalue weighted by atomic mass is 9.87. The van der Waals surface area contributed by atoms with E-state index in [4.69, 9.17) is 0 Å². The fraction of sp³-hybridized carbons (Fsp3) is 0.588. The van der Waals surface area contributed by atoms with Crippen molar-refractivity contribution >= 4 is 27.7 Å². The summed E-state index contributed by atoms with van der Waals surface area (Å²) < 4.78 is 26.3. The van der Waals surface area contributed by atoms with Gasteiger partial charge in [-0.15, -0.1) is 0 Å². The van der Waals surface area contributed by atoms with Crippen molar-refractivity contribution in [2.75, 3.05) is 17.8 Å². The van der Waals surface area contributed by atoms with Crippen molar-refractivity contribution in [3.05, 3.63) is 35.4 Å². The summed E-state index contributed by atoms with van der Waals surface area (Å²) in [5, 5.41) is 3.06. The van der Waals surface area contributed by atoms with Crippen LogP contribution >= 0.6 is 11.8 Å². The van der Waals surface area contributed by atoms with Crippen LogP contribution in [0.3, 0.4) is 0 Å². The third-order valence-corrected chi connectivity index (χ3v) is 6.36. The van der Waals surface area contributed by atoms with Crippen LogP contribution in [0.15, 0.2) is 24.3 Å². The van der Waals surface area contributed by atoms with E-state index in [1.807, 2.05) is 24.5 Å². The van der Waals surface area contributed by atoms with Crippen molar-refractivity contribution in [1.29, 1.82) is 0 Å². The van der Waals surface area contributed by atoms with E-state index >= 15 is 0 Å². The quantitative estimate of drug-likeness (QED) is 0.736. The summed E-state index contributed by atoms with van der Waals surface area (Å²) >= 11 is 1.60. The van der Waals surface area contributed by atoms with Crippen LogP contribution in [0.1, 0.15) is 43.4 Å². The van der Waals surface area contributed by atoms with E-state index in [9.17, 15) is 13.2 Å². The zero-order valence-corrected chi connectivity index (χ0v) is 15.9. The van der Waals surface area contributed by atoms with Gasteiger partial charge in [-0.05, 0) is 55.7 Å². The Labute approximate surface area is 149 Å². The number of hydrogen-bond acceptors (Lipinski definition) is 4. The Balaban J connectivity index is 2.10. The predicted octanol–water partition coefficient (Wildman–Crippen LogP) is 2.24. The maximum absolute atomic E-state index is 12.7. The summed E-state index contributed by atoms with van der Waals surface area (Å²) in [6.45, 7) is 1.57. The Bertz CT molecular complexity index is 662. The second-order valence-electron chi connectivity index (χ2n) is 6.01. The number of sulfonamides is 1. The van der Waals surface area contributed by atoms with Gasteiger partial charge in [0.05, 0.1) is 11.8 Å². The monoisotopic (exact) mass is 370 g/mol. The zero-order valence-electron chi connectivity index (χ0n) is 14.2. The molecule has 2 rings (SSSR count). The van der Waals surface area contributed by atoms with Crippen molar-refractivity contribution in [1.82, 2.24) is 10.0 Å². The molecule has 2 N–H and O–H groups in total. The minimum atomic E-state index is -3.42. The number of carbonyl (C=O) groups excluding carboxylic acids is 1. The van der Waals surface area contributed by atoms with Crippen molar-refractivity contribution in [3.63, 3.8) is 0 Å². The van der Waals surface area contributed by atoms with E-state index in [0.717, 1.165) is 30.6 Å². The maximum atomic E-state index is 12.7. The minimum absolute atomic E-state index is 0.0255. The van der Waals surface area contributed by atoms with Gasteiger partial charge in [-0.3, -0.25) is 4.79 Å². The molecule has 0 saturated carbocycles. The molecule has 2 atom stereocenters. The Morgan fingerprint density at radius 2 is 2.12 bits per heavy atom. The Hall–Kier alpha value is -1.05. The number of aryl methyl sites for hydroxylation is 1. The van der Waals surface area contributed by atoms with Crippen molar-refractivity contribution < 1.29 is 13.2 Å². The van der Waals surface area contributed by atoms with Gasteiger partial charge >= 0.3 is 0 Å². The topological polar surface area (TPSA) is 75.3 Å². The smallest absolute Gasteiger partial charge is 0.238 e. The Morgan fingerprint density at radius 3 is 2.83 bits per heavy atom. The first kappa shape index (κ1) is 19.3. The van der Waals surface area contributed by atoms with Gasteiger partial charge in [-0.1, -0.05) is 24.3 Å². The molecule has 1 aliphatic carbocycles. The van der Waals surface area contributed by atoms with E-state index in [0.29, 0.717) is 6.42 Å². The highest BCUT2D eigenvalue weighted by Gasteiger charge is 2.27. The summed E-state index contributed by atoms with van der Waals surface area (Å²) in [4.78, 5) is 12.7. The predicted molar refractivity (Wildman–Crippen MR) is 99.6 cm³/mol. The van der Waals surface area contributed by atoms with Gasteiger partial charge in [-0.2, -0.15) is 11.8 Å². The van der Waals surface area contributed by atoms with Gasteiger partial charge in [0.1, 0.15) is 6.04 Å². The summed E-state index contributed by atoms with van der Waals surface area (Å²) in [5.41, 5.74) is 2.42. The molecule has 1 amide bonds. The van der Waals surface area contributed by atoms with Gasteiger partial charge in [0.25, 0.3) is 0 Å². The molecular formula is C17H26N2O3S2. The third kappa shape index (κ3) is 5.22. The molecule has 0 fully saturated rings. The highest BCUT2D eigenvalue weighted by Crippen LogP contribution is 2.29. The fourth-order valence-corrected chi connectivity index (χ4v) is 4.25. The summed E-state index contributed by atoms with van der Waals surface area (Å²) in [6.07, 6.45) is 5.37. The lowest BCUT2D eigenvalue weighted by molar-refractivity contribution is -0.123. The molecule has 24 heavy (non-hydrogen) atoms. The van der Waals surface area contributed by atoms with Crippen LogP contribution in [0, 0.1) is 0 Å². The molecule has 0 heterocycles. The van der Waals surface area contributed by atoms with Crippen LogP contribution in [0.4, 0.5) is 0 Å². The maximum Gasteiger partial charge on any atom is 0.238 e. The normalized spacial score (nSPS) is 18.7. The van der Waals surface area contributed by atoms with E-state index in [2.05, 4.69) is 16.1 Å². The number of hydrogen-bond donors (Lipinski definition) is 2. The molecule has 7 heteroatoms.